The Kier molecular flexibility index (Phi) is 4.16. The standard InChI is InChI=1S/C16H25N3/c17-12-16(18-19-10-4-1-5-11-19)15-7-3-2-6-14(15)13-8-9-13/h2-3,6-7,13,16,18H,1,4-5,8-12,17H2. The van der Waals surface area contributed by atoms with Gasteiger partial charge in [-0.3, -0.25) is 0 Å². The van der Waals surface area contributed by atoms with E-state index in [1.807, 2.05) is 0 Å². The van der Waals surface area contributed by atoms with Gasteiger partial charge in [0, 0.05) is 19.6 Å². The Balaban J connectivity index is 1.73. The Bertz CT molecular complexity index is 408. The van der Waals surface area contributed by atoms with Crippen molar-refractivity contribution in [2.75, 3.05) is 19.6 Å². The molecule has 0 bridgehead atoms. The Morgan fingerprint density at radius 3 is 2.58 bits per heavy atom. The van der Waals surface area contributed by atoms with E-state index in [4.69, 9.17) is 5.73 Å². The van der Waals surface area contributed by atoms with E-state index in [0.29, 0.717) is 6.54 Å². The van der Waals surface area contributed by atoms with E-state index >= 15 is 0 Å². The SMILES string of the molecule is NCC(NN1CCCCC1)c1ccccc1C1CC1. The van der Waals surface area contributed by atoms with E-state index in [0.717, 1.165) is 19.0 Å². The highest BCUT2D eigenvalue weighted by molar-refractivity contribution is 5.35. The quantitative estimate of drug-likeness (QED) is 0.854. The van der Waals surface area contributed by atoms with Gasteiger partial charge in [-0.25, -0.2) is 10.4 Å². The Morgan fingerprint density at radius 1 is 1.16 bits per heavy atom. The maximum absolute atomic E-state index is 6.02. The maximum atomic E-state index is 6.02. The third-order valence-corrected chi connectivity index (χ3v) is 4.32. The molecule has 1 saturated heterocycles. The summed E-state index contributed by atoms with van der Waals surface area (Å²) in [5.74, 6) is 0.786. The van der Waals surface area contributed by atoms with Crippen molar-refractivity contribution in [3.8, 4) is 0 Å². The zero-order valence-corrected chi connectivity index (χ0v) is 11.6. The molecular formula is C16H25N3. The van der Waals surface area contributed by atoms with Gasteiger partial charge >= 0.3 is 0 Å². The van der Waals surface area contributed by atoms with Crippen molar-refractivity contribution < 1.29 is 0 Å². The number of hydrogen-bond donors (Lipinski definition) is 2. The van der Waals surface area contributed by atoms with Gasteiger partial charge in [-0.1, -0.05) is 30.7 Å². The third kappa shape index (κ3) is 3.16. The van der Waals surface area contributed by atoms with Crippen molar-refractivity contribution in [2.24, 2.45) is 5.73 Å². The minimum atomic E-state index is 0.273. The van der Waals surface area contributed by atoms with Gasteiger partial charge in [0.25, 0.3) is 0 Å². The van der Waals surface area contributed by atoms with E-state index in [9.17, 15) is 0 Å². The van der Waals surface area contributed by atoms with Crippen LogP contribution in [0.25, 0.3) is 0 Å². The summed E-state index contributed by atoms with van der Waals surface area (Å²) < 4.78 is 0. The average molecular weight is 259 g/mol. The van der Waals surface area contributed by atoms with Crippen LogP contribution in [0.5, 0.6) is 0 Å². The van der Waals surface area contributed by atoms with Crippen molar-refractivity contribution in [1.29, 1.82) is 0 Å². The highest BCUT2D eigenvalue weighted by atomic mass is 15.5. The van der Waals surface area contributed by atoms with Gasteiger partial charge in [-0.15, -0.1) is 0 Å². The number of hydrogen-bond acceptors (Lipinski definition) is 3. The van der Waals surface area contributed by atoms with E-state index < -0.39 is 0 Å². The topological polar surface area (TPSA) is 41.3 Å². The first kappa shape index (κ1) is 13.1. The van der Waals surface area contributed by atoms with Crippen molar-refractivity contribution >= 4 is 0 Å². The van der Waals surface area contributed by atoms with E-state index in [1.165, 1.54) is 43.2 Å². The van der Waals surface area contributed by atoms with E-state index in [-0.39, 0.29) is 6.04 Å². The van der Waals surface area contributed by atoms with Gasteiger partial charge in [0.05, 0.1) is 6.04 Å². The number of nitrogens with two attached hydrogens (primary N) is 1. The molecule has 0 spiro atoms. The van der Waals surface area contributed by atoms with Crippen molar-refractivity contribution in [3.05, 3.63) is 35.4 Å². The van der Waals surface area contributed by atoms with Gasteiger partial charge in [0.2, 0.25) is 0 Å². The molecule has 3 rings (SSSR count). The van der Waals surface area contributed by atoms with Crippen LogP contribution in [0.4, 0.5) is 0 Å². The number of nitrogens with zero attached hydrogens (tertiary/aromatic N) is 1. The summed E-state index contributed by atoms with van der Waals surface area (Å²) in [6.07, 6.45) is 6.66. The molecule has 1 aromatic carbocycles. The van der Waals surface area contributed by atoms with Crippen LogP contribution in [0.15, 0.2) is 24.3 Å². The average Bonchev–Trinajstić information content (AvgIpc) is 3.30. The summed E-state index contributed by atoms with van der Waals surface area (Å²) in [7, 11) is 0. The molecule has 0 amide bonds. The van der Waals surface area contributed by atoms with Crippen LogP contribution in [0.2, 0.25) is 0 Å². The summed E-state index contributed by atoms with van der Waals surface area (Å²) in [6.45, 7) is 2.98. The van der Waals surface area contributed by atoms with Crippen molar-refractivity contribution in [2.45, 2.75) is 44.1 Å². The predicted octanol–water partition coefficient (Wildman–Crippen LogP) is 2.55. The van der Waals surface area contributed by atoms with Crippen molar-refractivity contribution in [3.63, 3.8) is 0 Å². The first-order chi connectivity index (χ1) is 9.38. The zero-order chi connectivity index (χ0) is 13.1. The van der Waals surface area contributed by atoms with Gasteiger partial charge in [0.15, 0.2) is 0 Å². The molecule has 19 heavy (non-hydrogen) atoms. The minimum Gasteiger partial charge on any atom is -0.329 e. The molecule has 1 saturated carbocycles. The lowest BCUT2D eigenvalue weighted by Gasteiger charge is -2.32. The number of benzene rings is 1. The molecule has 3 heteroatoms. The molecule has 104 valence electrons. The minimum absolute atomic E-state index is 0.273. The first-order valence-electron chi connectivity index (χ1n) is 7.68. The van der Waals surface area contributed by atoms with Crippen LogP contribution in [0, 0.1) is 0 Å². The van der Waals surface area contributed by atoms with Gasteiger partial charge in [-0.05, 0) is 42.7 Å². The fraction of sp³-hybridized carbons (Fsp3) is 0.625. The lowest BCUT2D eigenvalue weighted by molar-refractivity contribution is 0.130. The first-order valence-corrected chi connectivity index (χ1v) is 7.68. The van der Waals surface area contributed by atoms with Crippen molar-refractivity contribution in [1.82, 2.24) is 10.4 Å². The molecule has 3 nitrogen and oxygen atoms in total. The number of hydrazine groups is 1. The molecule has 3 N–H and O–H groups in total. The summed E-state index contributed by atoms with van der Waals surface area (Å²) >= 11 is 0. The molecule has 1 aliphatic carbocycles. The third-order valence-electron chi connectivity index (χ3n) is 4.32. The molecule has 1 aromatic rings. The lowest BCUT2D eigenvalue weighted by Crippen LogP contribution is -2.45. The Hall–Kier alpha value is -0.900. The second kappa shape index (κ2) is 6.04. The Morgan fingerprint density at radius 2 is 1.89 bits per heavy atom. The monoisotopic (exact) mass is 259 g/mol. The zero-order valence-electron chi connectivity index (χ0n) is 11.6. The normalized spacial score (nSPS) is 22.4. The summed E-state index contributed by atoms with van der Waals surface area (Å²) in [6, 6.07) is 9.11. The lowest BCUT2D eigenvalue weighted by atomic mass is 9.97. The highest BCUT2D eigenvalue weighted by Crippen LogP contribution is 2.42. The smallest absolute Gasteiger partial charge is 0.0589 e. The molecule has 1 heterocycles. The summed E-state index contributed by atoms with van der Waals surface area (Å²) in [5.41, 5.74) is 12.6. The molecule has 1 unspecified atom stereocenters. The fourth-order valence-electron chi connectivity index (χ4n) is 3.09. The van der Waals surface area contributed by atoms with Crippen LogP contribution in [0.3, 0.4) is 0 Å². The predicted molar refractivity (Wildman–Crippen MR) is 78.8 cm³/mol. The second-order valence-corrected chi connectivity index (χ2v) is 5.87. The van der Waals surface area contributed by atoms with Gasteiger partial charge in [-0.2, -0.15) is 0 Å². The molecule has 1 aliphatic heterocycles. The van der Waals surface area contributed by atoms with Gasteiger partial charge in [0.1, 0.15) is 0 Å². The summed E-state index contributed by atoms with van der Waals surface area (Å²) in [5, 5.41) is 2.37. The number of nitrogens with one attached hydrogen (secondary N) is 1. The molecular weight excluding hydrogens is 234 g/mol. The number of rotatable bonds is 5. The maximum Gasteiger partial charge on any atom is 0.0589 e. The van der Waals surface area contributed by atoms with Crippen LogP contribution < -0.4 is 11.2 Å². The molecule has 0 radical (unpaired) electrons. The van der Waals surface area contributed by atoms with E-state index in [1.54, 1.807) is 0 Å². The largest absolute Gasteiger partial charge is 0.329 e. The van der Waals surface area contributed by atoms with E-state index in [2.05, 4.69) is 34.7 Å². The number of piperidine rings is 1. The Labute approximate surface area is 116 Å². The van der Waals surface area contributed by atoms with Crippen LogP contribution in [-0.2, 0) is 0 Å². The van der Waals surface area contributed by atoms with Gasteiger partial charge < -0.3 is 5.73 Å². The van der Waals surface area contributed by atoms with Crippen LogP contribution >= 0.6 is 0 Å². The molecule has 0 aromatic heterocycles. The molecule has 1 atom stereocenters. The fourth-order valence-corrected chi connectivity index (χ4v) is 3.09. The highest BCUT2D eigenvalue weighted by Gasteiger charge is 2.28. The molecule has 2 aliphatic rings. The molecule has 2 fully saturated rings. The second-order valence-electron chi connectivity index (χ2n) is 5.87. The van der Waals surface area contributed by atoms with Crippen LogP contribution in [-0.4, -0.2) is 24.6 Å². The van der Waals surface area contributed by atoms with Crippen LogP contribution in [0.1, 0.15) is 55.2 Å². The summed E-state index contributed by atoms with van der Waals surface area (Å²) in [4.78, 5) is 0.